The van der Waals surface area contributed by atoms with Crippen LogP contribution >= 0.6 is 0 Å². The molecule has 1 aliphatic rings. The topological polar surface area (TPSA) is 84.9 Å². The van der Waals surface area contributed by atoms with Crippen molar-refractivity contribution in [3.05, 3.63) is 29.8 Å². The van der Waals surface area contributed by atoms with Crippen molar-refractivity contribution in [1.29, 1.82) is 0 Å². The summed E-state index contributed by atoms with van der Waals surface area (Å²) in [4.78, 5) is 22.9. The van der Waals surface area contributed by atoms with Gasteiger partial charge in [0.25, 0.3) is 0 Å². The molecule has 0 bridgehead atoms. The minimum absolute atomic E-state index is 0.191. The summed E-state index contributed by atoms with van der Waals surface area (Å²) in [6.07, 6.45) is 3.19. The third kappa shape index (κ3) is 3.34. The molecule has 1 amide bonds. The Hall–Kier alpha value is -2.50. The summed E-state index contributed by atoms with van der Waals surface area (Å²) in [5, 5.41) is 11.6. The van der Waals surface area contributed by atoms with Crippen molar-refractivity contribution in [1.82, 2.24) is 5.32 Å². The second kappa shape index (κ2) is 5.87. The van der Waals surface area contributed by atoms with Crippen LogP contribution in [0.25, 0.3) is 6.08 Å². The molecule has 112 valence electrons. The highest BCUT2D eigenvalue weighted by Crippen LogP contribution is 2.32. The van der Waals surface area contributed by atoms with E-state index in [1.54, 1.807) is 31.2 Å². The number of ether oxygens (including phenoxy) is 2. The minimum Gasteiger partial charge on any atom is -0.480 e. The molecule has 1 heterocycles. The summed E-state index contributed by atoms with van der Waals surface area (Å²) in [6, 6.07) is 5.29. The molecule has 6 heteroatoms. The average molecular weight is 291 g/mol. The first-order chi connectivity index (χ1) is 9.94. The van der Waals surface area contributed by atoms with E-state index in [2.05, 4.69) is 5.32 Å². The predicted molar refractivity (Wildman–Crippen MR) is 76.1 cm³/mol. The molecule has 2 N–H and O–H groups in total. The van der Waals surface area contributed by atoms with Crippen molar-refractivity contribution in [2.75, 3.05) is 6.79 Å². The van der Waals surface area contributed by atoms with Crippen LogP contribution in [0.4, 0.5) is 0 Å². The average Bonchev–Trinajstić information content (AvgIpc) is 2.92. The van der Waals surface area contributed by atoms with Gasteiger partial charge in [0.1, 0.15) is 5.54 Å². The molecule has 1 aromatic rings. The van der Waals surface area contributed by atoms with Gasteiger partial charge in [-0.05, 0) is 37.1 Å². The third-order valence-electron chi connectivity index (χ3n) is 3.40. The Labute approximate surface area is 122 Å². The van der Waals surface area contributed by atoms with Crippen molar-refractivity contribution in [3.63, 3.8) is 0 Å². The summed E-state index contributed by atoms with van der Waals surface area (Å²) < 4.78 is 10.4. The normalized spacial score (nSPS) is 15.7. The van der Waals surface area contributed by atoms with Crippen molar-refractivity contribution >= 4 is 18.0 Å². The summed E-state index contributed by atoms with van der Waals surface area (Å²) in [6.45, 7) is 3.37. The van der Waals surface area contributed by atoms with E-state index in [1.807, 2.05) is 0 Å². The number of carboxylic acids is 1. The molecular formula is C15H17NO5. The van der Waals surface area contributed by atoms with Gasteiger partial charge in [-0.15, -0.1) is 0 Å². The van der Waals surface area contributed by atoms with E-state index in [9.17, 15) is 9.59 Å². The van der Waals surface area contributed by atoms with Gasteiger partial charge < -0.3 is 19.9 Å². The van der Waals surface area contributed by atoms with Crippen LogP contribution < -0.4 is 14.8 Å². The first-order valence-corrected chi connectivity index (χ1v) is 6.58. The second-order valence-corrected chi connectivity index (χ2v) is 4.93. The SMILES string of the molecule is CCC(C)(NC(=O)C=Cc1ccc2c(c1)OCO2)C(=O)O. The lowest BCUT2D eigenvalue weighted by molar-refractivity contribution is -0.146. The van der Waals surface area contributed by atoms with E-state index in [4.69, 9.17) is 14.6 Å². The Kier molecular flexibility index (Phi) is 4.16. The Bertz CT molecular complexity index is 596. The smallest absolute Gasteiger partial charge is 0.329 e. The maximum absolute atomic E-state index is 11.8. The molecule has 0 spiro atoms. The summed E-state index contributed by atoms with van der Waals surface area (Å²) in [5.74, 6) is -0.225. The van der Waals surface area contributed by atoms with E-state index in [0.717, 1.165) is 5.56 Å². The number of aliphatic carboxylic acids is 1. The van der Waals surface area contributed by atoms with Gasteiger partial charge in [0.05, 0.1) is 0 Å². The van der Waals surface area contributed by atoms with E-state index in [1.165, 1.54) is 13.0 Å². The predicted octanol–water partition coefficient (Wildman–Crippen LogP) is 1.80. The lowest BCUT2D eigenvalue weighted by Gasteiger charge is -2.23. The Morgan fingerprint density at radius 3 is 2.76 bits per heavy atom. The van der Waals surface area contributed by atoms with Crippen LogP contribution in [0, 0.1) is 0 Å². The molecule has 1 aliphatic heterocycles. The van der Waals surface area contributed by atoms with Crippen LogP contribution in [-0.2, 0) is 9.59 Å². The Morgan fingerprint density at radius 1 is 1.38 bits per heavy atom. The van der Waals surface area contributed by atoms with Crippen LogP contribution in [0.5, 0.6) is 11.5 Å². The maximum atomic E-state index is 11.8. The monoisotopic (exact) mass is 291 g/mol. The lowest BCUT2D eigenvalue weighted by atomic mass is 9.99. The van der Waals surface area contributed by atoms with Gasteiger partial charge in [-0.1, -0.05) is 13.0 Å². The highest BCUT2D eigenvalue weighted by atomic mass is 16.7. The molecule has 6 nitrogen and oxygen atoms in total. The lowest BCUT2D eigenvalue weighted by Crippen LogP contribution is -2.51. The summed E-state index contributed by atoms with van der Waals surface area (Å²) in [5.41, 5.74) is -0.501. The van der Waals surface area contributed by atoms with Crippen LogP contribution in [0.3, 0.4) is 0 Å². The number of carbonyl (C=O) groups excluding carboxylic acids is 1. The molecule has 0 saturated heterocycles. The number of carboxylic acid groups (broad SMARTS) is 1. The van der Waals surface area contributed by atoms with Crippen LogP contribution in [0.1, 0.15) is 25.8 Å². The molecule has 0 fully saturated rings. The number of carbonyl (C=O) groups is 2. The number of hydrogen-bond donors (Lipinski definition) is 2. The Morgan fingerprint density at radius 2 is 2.10 bits per heavy atom. The van der Waals surface area contributed by atoms with Crippen LogP contribution in [-0.4, -0.2) is 29.3 Å². The van der Waals surface area contributed by atoms with Crippen LogP contribution in [0.2, 0.25) is 0 Å². The van der Waals surface area contributed by atoms with Gasteiger partial charge in [0, 0.05) is 6.08 Å². The molecule has 0 radical (unpaired) electrons. The Balaban J connectivity index is 2.04. The fraction of sp³-hybridized carbons (Fsp3) is 0.333. The summed E-state index contributed by atoms with van der Waals surface area (Å²) in [7, 11) is 0. The second-order valence-electron chi connectivity index (χ2n) is 4.93. The molecule has 1 atom stereocenters. The summed E-state index contributed by atoms with van der Waals surface area (Å²) >= 11 is 0. The largest absolute Gasteiger partial charge is 0.480 e. The van der Waals surface area contributed by atoms with Gasteiger partial charge in [-0.3, -0.25) is 4.79 Å². The maximum Gasteiger partial charge on any atom is 0.329 e. The first-order valence-electron chi connectivity index (χ1n) is 6.58. The van der Waals surface area contributed by atoms with Crippen molar-refractivity contribution < 1.29 is 24.2 Å². The number of benzene rings is 1. The zero-order chi connectivity index (χ0) is 15.5. The van der Waals surface area contributed by atoms with Crippen molar-refractivity contribution in [3.8, 4) is 11.5 Å². The fourth-order valence-electron chi connectivity index (χ4n) is 1.80. The zero-order valence-corrected chi connectivity index (χ0v) is 11.9. The van der Waals surface area contributed by atoms with Crippen molar-refractivity contribution in [2.45, 2.75) is 25.8 Å². The first kappa shape index (κ1) is 14.9. The quantitative estimate of drug-likeness (QED) is 0.808. The van der Waals surface area contributed by atoms with Gasteiger partial charge in [-0.2, -0.15) is 0 Å². The van der Waals surface area contributed by atoms with Gasteiger partial charge in [0.15, 0.2) is 11.5 Å². The highest BCUT2D eigenvalue weighted by molar-refractivity contribution is 5.95. The number of amides is 1. The molecule has 2 rings (SSSR count). The molecule has 1 aromatic carbocycles. The van der Waals surface area contributed by atoms with E-state index < -0.39 is 17.4 Å². The molecule has 0 saturated carbocycles. The molecule has 1 unspecified atom stereocenters. The standard InChI is InChI=1S/C15H17NO5/c1-3-15(2,14(18)19)16-13(17)7-5-10-4-6-11-12(8-10)21-9-20-11/h4-8H,3,9H2,1-2H3,(H,16,17)(H,18,19). The zero-order valence-electron chi connectivity index (χ0n) is 11.9. The number of fused-ring (bicyclic) bond motifs is 1. The minimum atomic E-state index is -1.27. The van der Waals surface area contributed by atoms with E-state index >= 15 is 0 Å². The number of rotatable bonds is 5. The van der Waals surface area contributed by atoms with Gasteiger partial charge in [-0.25, -0.2) is 4.79 Å². The molecule has 21 heavy (non-hydrogen) atoms. The number of nitrogens with one attached hydrogen (secondary N) is 1. The number of hydrogen-bond acceptors (Lipinski definition) is 4. The van der Waals surface area contributed by atoms with Crippen molar-refractivity contribution in [2.24, 2.45) is 0 Å². The van der Waals surface area contributed by atoms with Gasteiger partial charge >= 0.3 is 5.97 Å². The molecule has 0 aliphatic carbocycles. The van der Waals surface area contributed by atoms with Crippen LogP contribution in [0.15, 0.2) is 24.3 Å². The molecular weight excluding hydrogens is 274 g/mol. The molecule has 0 aromatic heterocycles. The van der Waals surface area contributed by atoms with E-state index in [0.29, 0.717) is 17.9 Å². The van der Waals surface area contributed by atoms with E-state index in [-0.39, 0.29) is 6.79 Å². The highest BCUT2D eigenvalue weighted by Gasteiger charge is 2.31. The fourth-order valence-corrected chi connectivity index (χ4v) is 1.80. The third-order valence-corrected chi connectivity index (χ3v) is 3.40. The van der Waals surface area contributed by atoms with Gasteiger partial charge in [0.2, 0.25) is 12.7 Å².